The summed E-state index contributed by atoms with van der Waals surface area (Å²) < 4.78 is 5.24. The molecular formula is C17H28O2. The number of allylic oxidation sites excluding steroid dienone is 3. The predicted molar refractivity (Wildman–Crippen MR) is 80.0 cm³/mol. The van der Waals surface area contributed by atoms with Crippen LogP contribution in [0, 0.1) is 5.92 Å². The minimum Gasteiger partial charge on any atom is -0.465 e. The van der Waals surface area contributed by atoms with Gasteiger partial charge in [0.15, 0.2) is 0 Å². The van der Waals surface area contributed by atoms with Crippen LogP contribution < -0.4 is 0 Å². The van der Waals surface area contributed by atoms with Crippen LogP contribution in [0.15, 0.2) is 24.3 Å². The summed E-state index contributed by atoms with van der Waals surface area (Å²) in [5, 5.41) is 0. The van der Waals surface area contributed by atoms with Gasteiger partial charge in [-0.3, -0.25) is 4.79 Å². The highest BCUT2D eigenvalue weighted by atomic mass is 16.5. The lowest BCUT2D eigenvalue weighted by atomic mass is 10.0. The molecule has 0 fully saturated rings. The van der Waals surface area contributed by atoms with Gasteiger partial charge in [0, 0.05) is 0 Å². The predicted octanol–water partition coefficient (Wildman–Crippen LogP) is 4.80. The third kappa shape index (κ3) is 9.52. The largest absolute Gasteiger partial charge is 0.465 e. The summed E-state index contributed by atoms with van der Waals surface area (Å²) in [5.74, 6) is 0.565. The van der Waals surface area contributed by atoms with E-state index in [1.165, 1.54) is 32.1 Å². The number of hydrogen-bond acceptors (Lipinski definition) is 2. The first-order chi connectivity index (χ1) is 9.29. The molecule has 108 valence electrons. The van der Waals surface area contributed by atoms with Gasteiger partial charge in [-0.2, -0.15) is 0 Å². The quantitative estimate of drug-likeness (QED) is 0.464. The maximum absolute atomic E-state index is 11.5. The lowest BCUT2D eigenvalue weighted by Gasteiger charge is -2.10. The van der Waals surface area contributed by atoms with Crippen LogP contribution in [-0.2, 0) is 9.53 Å². The van der Waals surface area contributed by atoms with Gasteiger partial charge in [0.05, 0.1) is 13.0 Å². The minimum absolute atomic E-state index is 0.0901. The number of rotatable bonds is 0. The number of carbonyl (C=O) groups is 1. The third-order valence-electron chi connectivity index (χ3n) is 3.55. The highest BCUT2D eigenvalue weighted by Crippen LogP contribution is 2.14. The molecule has 1 rings (SSSR count). The van der Waals surface area contributed by atoms with Gasteiger partial charge in [-0.05, 0) is 44.4 Å². The molecule has 0 saturated carbocycles. The zero-order valence-corrected chi connectivity index (χ0v) is 12.3. The zero-order chi connectivity index (χ0) is 13.8. The van der Waals surface area contributed by atoms with E-state index in [1.807, 2.05) is 6.08 Å². The van der Waals surface area contributed by atoms with E-state index in [4.69, 9.17) is 4.74 Å². The van der Waals surface area contributed by atoms with E-state index >= 15 is 0 Å². The summed E-state index contributed by atoms with van der Waals surface area (Å²) in [6.45, 7) is 2.82. The van der Waals surface area contributed by atoms with Crippen LogP contribution in [0.5, 0.6) is 0 Å². The molecule has 1 heterocycles. The monoisotopic (exact) mass is 264 g/mol. The van der Waals surface area contributed by atoms with Gasteiger partial charge < -0.3 is 4.74 Å². The summed E-state index contributed by atoms with van der Waals surface area (Å²) in [7, 11) is 0. The Morgan fingerprint density at radius 3 is 2.42 bits per heavy atom. The molecule has 1 unspecified atom stereocenters. The molecule has 1 aliphatic heterocycles. The molecular weight excluding hydrogens is 236 g/mol. The molecule has 0 spiro atoms. The number of esters is 1. The van der Waals surface area contributed by atoms with Gasteiger partial charge >= 0.3 is 5.97 Å². The fourth-order valence-electron chi connectivity index (χ4n) is 2.22. The van der Waals surface area contributed by atoms with Gasteiger partial charge in [-0.15, -0.1) is 0 Å². The van der Waals surface area contributed by atoms with E-state index in [1.54, 1.807) is 0 Å². The van der Waals surface area contributed by atoms with Crippen LogP contribution in [0.1, 0.15) is 64.7 Å². The van der Waals surface area contributed by atoms with Crippen molar-refractivity contribution in [2.24, 2.45) is 5.92 Å². The van der Waals surface area contributed by atoms with Crippen LogP contribution in [0.2, 0.25) is 0 Å². The standard InChI is InChI=1S/C17H28O2/c1-16-12-10-8-6-4-2-3-5-7-9-11-13-17(18)19-15-14-16/h2,4,9,11,16H,3,5-8,10,12-15H2,1H3/b4-2-,11-9+. The second-order valence-corrected chi connectivity index (χ2v) is 5.48. The van der Waals surface area contributed by atoms with Crippen LogP contribution in [0.3, 0.4) is 0 Å². The lowest BCUT2D eigenvalue weighted by Crippen LogP contribution is -2.07. The average Bonchev–Trinajstić information content (AvgIpc) is 2.39. The van der Waals surface area contributed by atoms with Crippen LogP contribution >= 0.6 is 0 Å². The second kappa shape index (κ2) is 10.8. The van der Waals surface area contributed by atoms with Gasteiger partial charge in [-0.1, -0.05) is 44.1 Å². The molecule has 0 radical (unpaired) electrons. The maximum Gasteiger partial charge on any atom is 0.309 e. The van der Waals surface area contributed by atoms with Gasteiger partial charge in [0.25, 0.3) is 0 Å². The van der Waals surface area contributed by atoms with E-state index in [0.29, 0.717) is 18.9 Å². The first-order valence-corrected chi connectivity index (χ1v) is 7.74. The fourth-order valence-corrected chi connectivity index (χ4v) is 2.22. The van der Waals surface area contributed by atoms with Crippen molar-refractivity contribution in [1.82, 2.24) is 0 Å². The van der Waals surface area contributed by atoms with E-state index in [2.05, 4.69) is 25.2 Å². The van der Waals surface area contributed by atoms with Gasteiger partial charge in [0.1, 0.15) is 0 Å². The number of carbonyl (C=O) groups excluding carboxylic acids is 1. The van der Waals surface area contributed by atoms with Gasteiger partial charge in [0.2, 0.25) is 0 Å². The van der Waals surface area contributed by atoms with Crippen molar-refractivity contribution in [2.45, 2.75) is 64.7 Å². The zero-order valence-electron chi connectivity index (χ0n) is 12.3. The molecule has 1 aliphatic rings. The summed E-state index contributed by atoms with van der Waals surface area (Å²) in [6.07, 6.45) is 18.4. The Kier molecular flexibility index (Phi) is 9.13. The van der Waals surface area contributed by atoms with Crippen LogP contribution in [0.25, 0.3) is 0 Å². The van der Waals surface area contributed by atoms with E-state index in [9.17, 15) is 4.79 Å². The first kappa shape index (κ1) is 16.0. The van der Waals surface area contributed by atoms with E-state index in [-0.39, 0.29) is 5.97 Å². The van der Waals surface area contributed by atoms with Crippen molar-refractivity contribution in [2.75, 3.05) is 6.61 Å². The van der Waals surface area contributed by atoms with E-state index in [0.717, 1.165) is 19.3 Å². The average molecular weight is 264 g/mol. The van der Waals surface area contributed by atoms with Crippen molar-refractivity contribution in [3.8, 4) is 0 Å². The van der Waals surface area contributed by atoms with Crippen molar-refractivity contribution in [1.29, 1.82) is 0 Å². The first-order valence-electron chi connectivity index (χ1n) is 7.74. The number of cyclic esters (lactones) is 1. The van der Waals surface area contributed by atoms with Gasteiger partial charge in [-0.25, -0.2) is 0 Å². The number of hydrogen-bond donors (Lipinski definition) is 0. The Morgan fingerprint density at radius 1 is 0.947 bits per heavy atom. The minimum atomic E-state index is -0.0901. The Morgan fingerprint density at radius 2 is 1.63 bits per heavy atom. The highest BCUT2D eigenvalue weighted by Gasteiger charge is 2.04. The van der Waals surface area contributed by atoms with Crippen LogP contribution in [0.4, 0.5) is 0 Å². The Labute approximate surface area is 117 Å². The van der Waals surface area contributed by atoms with Crippen molar-refractivity contribution in [3.05, 3.63) is 24.3 Å². The Hall–Kier alpha value is -1.05. The SMILES string of the molecule is CC1CCCC/C=C\CCC/C=C/CC(=O)OCC1. The summed E-state index contributed by atoms with van der Waals surface area (Å²) in [5.41, 5.74) is 0. The molecule has 0 saturated heterocycles. The van der Waals surface area contributed by atoms with Crippen molar-refractivity contribution in [3.63, 3.8) is 0 Å². The highest BCUT2D eigenvalue weighted by molar-refractivity contribution is 5.71. The Balaban J connectivity index is 2.32. The van der Waals surface area contributed by atoms with Crippen molar-refractivity contribution < 1.29 is 9.53 Å². The molecule has 0 bridgehead atoms. The molecule has 2 nitrogen and oxygen atoms in total. The molecule has 19 heavy (non-hydrogen) atoms. The fraction of sp³-hybridized carbons (Fsp3) is 0.706. The molecule has 2 heteroatoms. The molecule has 0 aromatic carbocycles. The molecule has 0 aromatic rings. The normalized spacial score (nSPS) is 28.1. The molecule has 0 aliphatic carbocycles. The second-order valence-electron chi connectivity index (χ2n) is 5.48. The number of ether oxygens (including phenoxy) is 1. The summed E-state index contributed by atoms with van der Waals surface area (Å²) in [4.78, 5) is 11.5. The maximum atomic E-state index is 11.5. The molecule has 0 amide bonds. The molecule has 0 aromatic heterocycles. The Bertz CT molecular complexity index is 292. The summed E-state index contributed by atoms with van der Waals surface area (Å²) in [6, 6.07) is 0. The van der Waals surface area contributed by atoms with Crippen LogP contribution in [-0.4, -0.2) is 12.6 Å². The molecule has 1 atom stereocenters. The third-order valence-corrected chi connectivity index (χ3v) is 3.55. The summed E-state index contributed by atoms with van der Waals surface area (Å²) >= 11 is 0. The smallest absolute Gasteiger partial charge is 0.309 e. The topological polar surface area (TPSA) is 26.3 Å². The van der Waals surface area contributed by atoms with Crippen molar-refractivity contribution >= 4 is 5.97 Å². The molecule has 0 N–H and O–H groups in total. The van der Waals surface area contributed by atoms with E-state index < -0.39 is 0 Å². The lowest BCUT2D eigenvalue weighted by molar-refractivity contribution is -0.142.